The zero-order valence-electron chi connectivity index (χ0n) is 8.77. The van der Waals surface area contributed by atoms with Gasteiger partial charge in [0.05, 0.1) is 0 Å². The zero-order chi connectivity index (χ0) is 8.97. The summed E-state index contributed by atoms with van der Waals surface area (Å²) in [5.41, 5.74) is 0. The number of nitrogens with one attached hydrogen (secondary N) is 1. The predicted octanol–water partition coefficient (Wildman–Crippen LogP) is 2.81. The van der Waals surface area contributed by atoms with E-state index >= 15 is 0 Å². The van der Waals surface area contributed by atoms with E-state index < -0.39 is 0 Å². The lowest BCUT2D eigenvalue weighted by Gasteiger charge is -2.35. The van der Waals surface area contributed by atoms with Crippen LogP contribution in [0.2, 0.25) is 0 Å². The van der Waals surface area contributed by atoms with Crippen molar-refractivity contribution in [2.75, 3.05) is 6.54 Å². The van der Waals surface area contributed by atoms with E-state index in [9.17, 15) is 0 Å². The highest BCUT2D eigenvalue weighted by Crippen LogP contribution is 2.32. The molecule has 1 unspecified atom stereocenters. The van der Waals surface area contributed by atoms with Crippen LogP contribution < -0.4 is 5.32 Å². The molecule has 1 rings (SSSR count). The van der Waals surface area contributed by atoms with Gasteiger partial charge in [-0.1, -0.05) is 27.2 Å². The van der Waals surface area contributed by atoms with E-state index in [2.05, 4.69) is 26.1 Å². The molecule has 1 atom stereocenters. The largest absolute Gasteiger partial charge is 0.314 e. The molecule has 1 nitrogen and oxygen atoms in total. The van der Waals surface area contributed by atoms with Gasteiger partial charge >= 0.3 is 0 Å². The summed E-state index contributed by atoms with van der Waals surface area (Å²) in [4.78, 5) is 0. The normalized spacial score (nSPS) is 21.0. The van der Waals surface area contributed by atoms with Crippen LogP contribution in [0.15, 0.2) is 0 Å². The van der Waals surface area contributed by atoms with Gasteiger partial charge in [0.1, 0.15) is 0 Å². The Morgan fingerprint density at radius 1 is 1.33 bits per heavy atom. The predicted molar refractivity (Wildman–Crippen MR) is 54.3 cm³/mol. The van der Waals surface area contributed by atoms with Crippen LogP contribution in [0.4, 0.5) is 0 Å². The van der Waals surface area contributed by atoms with Crippen LogP contribution in [0.1, 0.15) is 46.5 Å². The van der Waals surface area contributed by atoms with Gasteiger partial charge in [-0.25, -0.2) is 0 Å². The van der Waals surface area contributed by atoms with Gasteiger partial charge in [0.15, 0.2) is 0 Å². The number of hydrogen-bond acceptors (Lipinski definition) is 1. The van der Waals surface area contributed by atoms with Crippen molar-refractivity contribution in [2.24, 2.45) is 11.8 Å². The summed E-state index contributed by atoms with van der Waals surface area (Å²) in [5.74, 6) is 1.84. The van der Waals surface area contributed by atoms with Crippen molar-refractivity contribution in [1.82, 2.24) is 5.32 Å². The molecule has 72 valence electrons. The van der Waals surface area contributed by atoms with Gasteiger partial charge in [0, 0.05) is 6.04 Å². The molecular weight excluding hydrogens is 146 g/mol. The summed E-state index contributed by atoms with van der Waals surface area (Å²) in [6.45, 7) is 7.99. The Balaban J connectivity index is 2.26. The van der Waals surface area contributed by atoms with Crippen LogP contribution in [-0.2, 0) is 0 Å². The molecule has 1 aliphatic rings. The fraction of sp³-hybridized carbons (Fsp3) is 1.00. The fourth-order valence-corrected chi connectivity index (χ4v) is 2.05. The molecule has 0 aliphatic heterocycles. The highest BCUT2D eigenvalue weighted by molar-refractivity contribution is 4.82. The minimum absolute atomic E-state index is 0.809. The van der Waals surface area contributed by atoms with Crippen LogP contribution in [0.3, 0.4) is 0 Å². The van der Waals surface area contributed by atoms with Crippen LogP contribution in [0, 0.1) is 11.8 Å². The Kier molecular flexibility index (Phi) is 4.07. The van der Waals surface area contributed by atoms with Gasteiger partial charge in [-0.2, -0.15) is 0 Å². The molecule has 0 saturated heterocycles. The third-order valence-corrected chi connectivity index (χ3v) is 2.91. The molecule has 0 spiro atoms. The quantitative estimate of drug-likeness (QED) is 0.667. The van der Waals surface area contributed by atoms with Crippen molar-refractivity contribution in [1.29, 1.82) is 0 Å². The molecule has 0 amide bonds. The van der Waals surface area contributed by atoms with E-state index in [0.717, 1.165) is 24.4 Å². The molecule has 0 bridgehead atoms. The monoisotopic (exact) mass is 169 g/mol. The van der Waals surface area contributed by atoms with Gasteiger partial charge in [-0.05, 0) is 37.6 Å². The first-order chi connectivity index (χ1) is 5.74. The molecule has 1 N–H and O–H groups in total. The van der Waals surface area contributed by atoms with Crippen molar-refractivity contribution in [3.63, 3.8) is 0 Å². The zero-order valence-corrected chi connectivity index (χ0v) is 8.77. The van der Waals surface area contributed by atoms with Crippen molar-refractivity contribution < 1.29 is 0 Å². The van der Waals surface area contributed by atoms with Gasteiger partial charge in [-0.15, -0.1) is 0 Å². The van der Waals surface area contributed by atoms with Crippen LogP contribution >= 0.6 is 0 Å². The van der Waals surface area contributed by atoms with Crippen molar-refractivity contribution in [3.8, 4) is 0 Å². The standard InChI is InChI=1S/C11H23N/c1-4-12-11(8-9(2)3)10-6-5-7-10/h9-12H,4-8H2,1-3H3. The lowest BCUT2D eigenvalue weighted by molar-refractivity contribution is 0.208. The first-order valence-corrected chi connectivity index (χ1v) is 5.47. The Hall–Kier alpha value is -0.0400. The molecule has 1 aliphatic carbocycles. The average molecular weight is 169 g/mol. The topological polar surface area (TPSA) is 12.0 Å². The van der Waals surface area contributed by atoms with Crippen molar-refractivity contribution in [3.05, 3.63) is 0 Å². The lowest BCUT2D eigenvalue weighted by atomic mass is 9.77. The highest BCUT2D eigenvalue weighted by atomic mass is 14.9. The lowest BCUT2D eigenvalue weighted by Crippen LogP contribution is -2.40. The van der Waals surface area contributed by atoms with Gasteiger partial charge in [0.2, 0.25) is 0 Å². The van der Waals surface area contributed by atoms with Crippen LogP contribution in [0.5, 0.6) is 0 Å². The Morgan fingerprint density at radius 3 is 2.33 bits per heavy atom. The Labute approximate surface area is 76.9 Å². The molecule has 0 aromatic carbocycles. The first kappa shape index (κ1) is 10.0. The van der Waals surface area contributed by atoms with Crippen LogP contribution in [0.25, 0.3) is 0 Å². The molecule has 0 aromatic heterocycles. The smallest absolute Gasteiger partial charge is 0.00976 e. The summed E-state index contributed by atoms with van der Waals surface area (Å²) < 4.78 is 0. The second kappa shape index (κ2) is 4.86. The second-order valence-electron chi connectivity index (χ2n) is 4.48. The summed E-state index contributed by atoms with van der Waals surface area (Å²) in [7, 11) is 0. The number of hydrogen-bond donors (Lipinski definition) is 1. The summed E-state index contributed by atoms with van der Waals surface area (Å²) in [6.07, 6.45) is 5.75. The van der Waals surface area contributed by atoms with E-state index in [1.165, 1.54) is 25.7 Å². The van der Waals surface area contributed by atoms with Crippen molar-refractivity contribution >= 4 is 0 Å². The highest BCUT2D eigenvalue weighted by Gasteiger charge is 2.26. The molecule has 1 fully saturated rings. The van der Waals surface area contributed by atoms with Gasteiger partial charge < -0.3 is 5.32 Å². The second-order valence-corrected chi connectivity index (χ2v) is 4.48. The van der Waals surface area contributed by atoms with Gasteiger partial charge in [-0.3, -0.25) is 0 Å². The minimum Gasteiger partial charge on any atom is -0.314 e. The SMILES string of the molecule is CCNC(CC(C)C)C1CCC1. The summed E-state index contributed by atoms with van der Waals surface area (Å²) in [6, 6.07) is 0.809. The van der Waals surface area contributed by atoms with E-state index in [1.807, 2.05) is 0 Å². The molecule has 12 heavy (non-hydrogen) atoms. The molecular formula is C11H23N. The third kappa shape index (κ3) is 2.78. The van der Waals surface area contributed by atoms with E-state index in [-0.39, 0.29) is 0 Å². The van der Waals surface area contributed by atoms with Gasteiger partial charge in [0.25, 0.3) is 0 Å². The summed E-state index contributed by atoms with van der Waals surface area (Å²) in [5, 5.41) is 3.62. The molecule has 1 saturated carbocycles. The van der Waals surface area contributed by atoms with Crippen LogP contribution in [-0.4, -0.2) is 12.6 Å². The maximum Gasteiger partial charge on any atom is 0.00976 e. The Bertz CT molecular complexity index is 116. The number of rotatable bonds is 5. The maximum absolute atomic E-state index is 3.62. The van der Waals surface area contributed by atoms with E-state index in [1.54, 1.807) is 0 Å². The first-order valence-electron chi connectivity index (χ1n) is 5.47. The Morgan fingerprint density at radius 2 is 2.00 bits per heavy atom. The third-order valence-electron chi connectivity index (χ3n) is 2.91. The average Bonchev–Trinajstić information content (AvgIpc) is 1.81. The minimum atomic E-state index is 0.809. The van der Waals surface area contributed by atoms with E-state index in [0.29, 0.717) is 0 Å². The summed E-state index contributed by atoms with van der Waals surface area (Å²) >= 11 is 0. The molecule has 0 radical (unpaired) electrons. The molecule has 0 heterocycles. The fourth-order valence-electron chi connectivity index (χ4n) is 2.05. The molecule has 1 heteroatoms. The van der Waals surface area contributed by atoms with Crippen molar-refractivity contribution in [2.45, 2.75) is 52.5 Å². The maximum atomic E-state index is 3.62. The molecule has 0 aromatic rings. The van der Waals surface area contributed by atoms with E-state index in [4.69, 9.17) is 0 Å².